The number of carbonyl (C=O) groups excluding carboxylic acids is 1. The first-order valence-corrected chi connectivity index (χ1v) is 8.63. The minimum Gasteiger partial charge on any atom is -0.497 e. The van der Waals surface area contributed by atoms with E-state index in [0.717, 1.165) is 11.4 Å². The summed E-state index contributed by atoms with van der Waals surface area (Å²) in [6.45, 7) is 9.84. The van der Waals surface area contributed by atoms with Gasteiger partial charge in [0.15, 0.2) is 5.78 Å². The third kappa shape index (κ3) is 4.05. The van der Waals surface area contributed by atoms with Gasteiger partial charge in [-0.15, -0.1) is 0 Å². The Balaban J connectivity index is 0.000000228. The average Bonchev–Trinajstić information content (AvgIpc) is 2.84. The lowest BCUT2D eigenvalue weighted by atomic mass is 9.83. The van der Waals surface area contributed by atoms with Crippen LogP contribution in [0.4, 0.5) is 5.69 Å². The van der Waals surface area contributed by atoms with Crippen LogP contribution in [0.3, 0.4) is 0 Å². The number of benzene rings is 2. The molecular formula is C23H27NO2. The smallest absolute Gasteiger partial charge is 0.179 e. The van der Waals surface area contributed by atoms with Gasteiger partial charge in [0.2, 0.25) is 0 Å². The Kier molecular flexibility index (Phi) is 6.04. The van der Waals surface area contributed by atoms with Gasteiger partial charge in [-0.25, -0.2) is 0 Å². The van der Waals surface area contributed by atoms with Crippen molar-refractivity contribution in [3.8, 4) is 5.75 Å². The number of aryl methyl sites for hydroxylation is 1. The summed E-state index contributed by atoms with van der Waals surface area (Å²) in [5, 5.41) is 0. The maximum Gasteiger partial charge on any atom is 0.179 e. The molecule has 136 valence electrons. The fourth-order valence-corrected chi connectivity index (χ4v) is 3.13. The molecule has 26 heavy (non-hydrogen) atoms. The van der Waals surface area contributed by atoms with Crippen molar-refractivity contribution in [1.82, 2.24) is 0 Å². The number of nitrogens with zero attached hydrogens (tertiary/aromatic N) is 1. The first-order valence-electron chi connectivity index (χ1n) is 8.63. The molecule has 0 bridgehead atoms. The highest BCUT2D eigenvalue weighted by atomic mass is 16.5. The minimum atomic E-state index is -0.135. The third-order valence-electron chi connectivity index (χ3n) is 4.68. The highest BCUT2D eigenvalue weighted by Crippen LogP contribution is 2.46. The second-order valence-corrected chi connectivity index (χ2v) is 6.85. The summed E-state index contributed by atoms with van der Waals surface area (Å²) < 4.78 is 4.97. The van der Waals surface area contributed by atoms with Gasteiger partial charge < -0.3 is 9.64 Å². The fraction of sp³-hybridized carbons (Fsp3) is 0.261. The average molecular weight is 349 g/mol. The summed E-state index contributed by atoms with van der Waals surface area (Å²) in [4.78, 5) is 13.6. The zero-order chi connectivity index (χ0) is 19.3. The summed E-state index contributed by atoms with van der Waals surface area (Å²) in [6, 6.07) is 16.2. The van der Waals surface area contributed by atoms with E-state index < -0.39 is 0 Å². The number of anilines is 1. The Labute approximate surface area is 156 Å². The summed E-state index contributed by atoms with van der Waals surface area (Å²) >= 11 is 0. The van der Waals surface area contributed by atoms with E-state index >= 15 is 0 Å². The van der Waals surface area contributed by atoms with Crippen LogP contribution in [0.1, 0.15) is 25.0 Å². The van der Waals surface area contributed by atoms with Crippen LogP contribution >= 0.6 is 0 Å². The maximum absolute atomic E-state index is 11.5. The number of ketones is 1. The molecular weight excluding hydrogens is 322 g/mol. The molecule has 0 radical (unpaired) electrons. The predicted molar refractivity (Wildman–Crippen MR) is 109 cm³/mol. The monoisotopic (exact) mass is 349 g/mol. The van der Waals surface area contributed by atoms with Gasteiger partial charge in [0, 0.05) is 29.9 Å². The van der Waals surface area contributed by atoms with E-state index in [4.69, 9.17) is 4.74 Å². The standard InChI is InChI=1S/C15H17NO.C8H10O/c1-5-11(17)10-14-15(2,3)12-8-6-7-9-13(12)16(14)4;1-7-3-5-8(9-2)6-4-7/h5-10H,1H2,2-4H3;3-6H,1-2H3/b14-10+;. The molecule has 3 heteroatoms. The third-order valence-corrected chi connectivity index (χ3v) is 4.68. The van der Waals surface area contributed by atoms with Gasteiger partial charge >= 0.3 is 0 Å². The van der Waals surface area contributed by atoms with E-state index in [1.807, 2.05) is 43.4 Å². The lowest BCUT2D eigenvalue weighted by molar-refractivity contribution is -0.110. The van der Waals surface area contributed by atoms with Gasteiger partial charge in [-0.3, -0.25) is 4.79 Å². The van der Waals surface area contributed by atoms with Crippen LogP contribution in [0.15, 0.2) is 73.0 Å². The van der Waals surface area contributed by atoms with E-state index in [1.165, 1.54) is 22.9 Å². The Bertz CT molecular complexity index is 816. The Morgan fingerprint density at radius 1 is 1.12 bits per heavy atom. The van der Waals surface area contributed by atoms with Crippen LogP contribution in [-0.4, -0.2) is 19.9 Å². The molecule has 0 unspecified atom stereocenters. The van der Waals surface area contributed by atoms with E-state index in [2.05, 4.69) is 44.4 Å². The van der Waals surface area contributed by atoms with Gasteiger partial charge in [-0.05, 0) is 36.8 Å². The molecule has 0 saturated carbocycles. The number of carbonyl (C=O) groups is 1. The van der Waals surface area contributed by atoms with Crippen LogP contribution in [-0.2, 0) is 10.2 Å². The Hall–Kier alpha value is -2.81. The number of rotatable bonds is 3. The van der Waals surface area contributed by atoms with Crippen LogP contribution in [0.25, 0.3) is 0 Å². The molecule has 0 N–H and O–H groups in total. The van der Waals surface area contributed by atoms with E-state index in [0.29, 0.717) is 0 Å². The van der Waals surface area contributed by atoms with Crippen molar-refractivity contribution in [2.24, 2.45) is 0 Å². The number of hydrogen-bond acceptors (Lipinski definition) is 3. The molecule has 0 aromatic heterocycles. The number of likely N-dealkylation sites (N-methyl/N-ethyl adjacent to an activating group) is 1. The van der Waals surface area contributed by atoms with Crippen molar-refractivity contribution < 1.29 is 9.53 Å². The van der Waals surface area contributed by atoms with Crippen molar-refractivity contribution in [1.29, 1.82) is 0 Å². The second kappa shape index (κ2) is 8.05. The van der Waals surface area contributed by atoms with Crippen molar-refractivity contribution in [2.45, 2.75) is 26.2 Å². The molecule has 0 spiro atoms. The number of methoxy groups -OCH3 is 1. The first-order chi connectivity index (χ1) is 12.3. The van der Waals surface area contributed by atoms with Gasteiger partial charge in [0.05, 0.1) is 7.11 Å². The zero-order valence-corrected chi connectivity index (χ0v) is 16.2. The summed E-state index contributed by atoms with van der Waals surface area (Å²) in [7, 11) is 3.67. The molecule has 1 aliphatic heterocycles. The van der Waals surface area contributed by atoms with Crippen LogP contribution in [0, 0.1) is 6.92 Å². The maximum atomic E-state index is 11.5. The Morgan fingerprint density at radius 2 is 1.73 bits per heavy atom. The van der Waals surface area contributed by atoms with Crippen LogP contribution in [0.2, 0.25) is 0 Å². The molecule has 1 heterocycles. The predicted octanol–water partition coefficient (Wildman–Crippen LogP) is 5.06. The summed E-state index contributed by atoms with van der Waals surface area (Å²) in [5.74, 6) is 0.869. The zero-order valence-electron chi connectivity index (χ0n) is 16.2. The van der Waals surface area contributed by atoms with E-state index in [1.54, 1.807) is 13.2 Å². The highest BCUT2D eigenvalue weighted by Gasteiger charge is 2.38. The molecule has 2 aromatic carbocycles. The molecule has 0 fully saturated rings. The summed E-state index contributed by atoms with van der Waals surface area (Å²) in [6.07, 6.45) is 3.02. The second-order valence-electron chi connectivity index (χ2n) is 6.85. The quantitative estimate of drug-likeness (QED) is 0.726. The topological polar surface area (TPSA) is 29.5 Å². The normalized spacial score (nSPS) is 15.7. The molecule has 1 aliphatic rings. The van der Waals surface area contributed by atoms with Gasteiger partial charge in [-0.2, -0.15) is 0 Å². The molecule has 2 aromatic rings. The first kappa shape index (κ1) is 19.5. The molecule has 3 nitrogen and oxygen atoms in total. The van der Waals surface area contributed by atoms with Gasteiger partial charge in [0.25, 0.3) is 0 Å². The molecule has 0 amide bonds. The van der Waals surface area contributed by atoms with Crippen molar-refractivity contribution >= 4 is 11.5 Å². The van der Waals surface area contributed by atoms with Gasteiger partial charge in [-0.1, -0.05) is 56.3 Å². The van der Waals surface area contributed by atoms with Gasteiger partial charge in [0.1, 0.15) is 5.75 Å². The number of ether oxygens (including phenoxy) is 1. The SMILES string of the molecule is C=CC(=O)/C=C1/N(C)c2ccccc2C1(C)C.COc1ccc(C)cc1. The Morgan fingerprint density at radius 3 is 2.27 bits per heavy atom. The van der Waals surface area contributed by atoms with Crippen molar-refractivity contribution in [2.75, 3.05) is 19.1 Å². The van der Waals surface area contributed by atoms with E-state index in [9.17, 15) is 4.79 Å². The minimum absolute atomic E-state index is 0.0484. The fourth-order valence-electron chi connectivity index (χ4n) is 3.13. The van der Waals surface area contributed by atoms with Crippen LogP contribution < -0.4 is 9.64 Å². The molecule has 0 saturated heterocycles. The largest absolute Gasteiger partial charge is 0.497 e. The van der Waals surface area contributed by atoms with E-state index in [-0.39, 0.29) is 11.2 Å². The van der Waals surface area contributed by atoms with Crippen molar-refractivity contribution in [3.05, 3.63) is 84.1 Å². The molecule has 0 aliphatic carbocycles. The van der Waals surface area contributed by atoms with Crippen molar-refractivity contribution in [3.63, 3.8) is 0 Å². The number of hydrogen-bond donors (Lipinski definition) is 0. The summed E-state index contributed by atoms with van der Waals surface area (Å²) in [5.41, 5.74) is 4.56. The number of para-hydroxylation sites is 1. The molecule has 3 rings (SSSR count). The lowest BCUT2D eigenvalue weighted by Crippen LogP contribution is -2.23. The lowest BCUT2D eigenvalue weighted by Gasteiger charge is -2.23. The molecule has 0 atom stereocenters. The number of allylic oxidation sites excluding steroid dienone is 3. The van der Waals surface area contributed by atoms with Crippen LogP contribution in [0.5, 0.6) is 5.75 Å². The number of fused-ring (bicyclic) bond motifs is 1. The highest BCUT2D eigenvalue weighted by molar-refractivity contribution is 6.00.